The van der Waals surface area contributed by atoms with Crippen LogP contribution in [-0.2, 0) is 12.8 Å². The molecule has 0 aliphatic heterocycles. The number of fused-ring (bicyclic) bond motifs is 14. The van der Waals surface area contributed by atoms with E-state index in [1.165, 1.54) is 66.2 Å². The predicted molar refractivity (Wildman–Crippen MR) is 127 cm³/mol. The molecule has 2 heteroatoms. The minimum Gasteiger partial charge on any atom is -0.299 e. The van der Waals surface area contributed by atoms with E-state index in [0.29, 0.717) is 0 Å². The van der Waals surface area contributed by atoms with Crippen molar-refractivity contribution in [3.8, 4) is 22.3 Å². The number of hydrogen-bond acceptors (Lipinski definition) is 1. The third-order valence-corrected chi connectivity index (χ3v) is 7.32. The van der Waals surface area contributed by atoms with Crippen LogP contribution in [0.4, 0.5) is 0 Å². The summed E-state index contributed by atoms with van der Waals surface area (Å²) in [6.45, 7) is 0. The number of hydrogen-bond donors (Lipinski definition) is 0. The number of pyridine rings is 1. The molecule has 2 aromatic heterocycles. The van der Waals surface area contributed by atoms with Gasteiger partial charge in [0.05, 0.1) is 5.52 Å². The van der Waals surface area contributed by atoms with Crippen LogP contribution >= 0.6 is 0 Å². The highest BCUT2D eigenvalue weighted by Crippen LogP contribution is 2.47. The van der Waals surface area contributed by atoms with Gasteiger partial charge < -0.3 is 0 Å². The molecular formula is C29H18N2. The largest absolute Gasteiger partial charge is 0.299 e. The lowest BCUT2D eigenvalue weighted by atomic mass is 9.93. The summed E-state index contributed by atoms with van der Waals surface area (Å²) in [7, 11) is 0. The Morgan fingerprint density at radius 3 is 2.35 bits per heavy atom. The predicted octanol–water partition coefficient (Wildman–Crippen LogP) is 6.78. The van der Waals surface area contributed by atoms with E-state index >= 15 is 0 Å². The summed E-state index contributed by atoms with van der Waals surface area (Å²) in [6, 6.07) is 27.0. The van der Waals surface area contributed by atoms with E-state index < -0.39 is 0 Å². The first-order valence-corrected chi connectivity index (χ1v) is 10.9. The minimum atomic E-state index is 0.992. The first-order valence-electron chi connectivity index (χ1n) is 10.9. The van der Waals surface area contributed by atoms with Crippen LogP contribution in [0.5, 0.6) is 0 Å². The first-order chi connectivity index (χ1) is 15.4. The van der Waals surface area contributed by atoms with Gasteiger partial charge in [0.25, 0.3) is 0 Å². The van der Waals surface area contributed by atoms with Crippen molar-refractivity contribution in [3.05, 3.63) is 107 Å². The normalized spacial score (nSPS) is 13.5. The van der Waals surface area contributed by atoms with Crippen molar-refractivity contribution >= 4 is 27.3 Å². The zero-order chi connectivity index (χ0) is 20.1. The fourth-order valence-corrected chi connectivity index (χ4v) is 6.05. The van der Waals surface area contributed by atoms with Crippen molar-refractivity contribution in [2.75, 3.05) is 0 Å². The van der Waals surface area contributed by atoms with Crippen LogP contribution in [-0.4, -0.2) is 9.38 Å². The van der Waals surface area contributed by atoms with Gasteiger partial charge in [-0.3, -0.25) is 4.40 Å². The molecule has 0 amide bonds. The van der Waals surface area contributed by atoms with Crippen LogP contribution in [0.25, 0.3) is 49.6 Å². The number of benzene rings is 4. The van der Waals surface area contributed by atoms with Crippen LogP contribution < -0.4 is 0 Å². The van der Waals surface area contributed by atoms with Gasteiger partial charge in [-0.1, -0.05) is 66.7 Å². The Bertz CT molecular complexity index is 1740. The molecule has 144 valence electrons. The summed E-state index contributed by atoms with van der Waals surface area (Å²) in [6.07, 6.45) is 6.05. The topological polar surface area (TPSA) is 17.3 Å². The monoisotopic (exact) mass is 394 g/mol. The van der Waals surface area contributed by atoms with Crippen LogP contribution in [0.1, 0.15) is 22.3 Å². The lowest BCUT2D eigenvalue weighted by Gasteiger charge is -2.15. The smallest absolute Gasteiger partial charge is 0.145 e. The molecule has 8 rings (SSSR count). The van der Waals surface area contributed by atoms with Crippen molar-refractivity contribution in [1.82, 2.24) is 9.38 Å². The maximum absolute atomic E-state index is 4.84. The summed E-state index contributed by atoms with van der Waals surface area (Å²) < 4.78 is 2.29. The molecule has 0 saturated heterocycles. The van der Waals surface area contributed by atoms with Gasteiger partial charge in [-0.2, -0.15) is 0 Å². The first kappa shape index (κ1) is 15.9. The molecule has 0 unspecified atom stereocenters. The molecule has 2 nitrogen and oxygen atoms in total. The molecule has 6 aromatic rings. The van der Waals surface area contributed by atoms with Crippen molar-refractivity contribution in [1.29, 1.82) is 0 Å². The van der Waals surface area contributed by atoms with Crippen molar-refractivity contribution in [3.63, 3.8) is 0 Å². The van der Waals surface area contributed by atoms with Gasteiger partial charge in [-0.25, -0.2) is 4.98 Å². The Hall–Kier alpha value is -3.91. The highest BCUT2D eigenvalue weighted by atomic mass is 15.0. The summed E-state index contributed by atoms with van der Waals surface area (Å²) >= 11 is 0. The molecule has 0 radical (unpaired) electrons. The molecule has 31 heavy (non-hydrogen) atoms. The molecule has 0 spiro atoms. The number of aromatic nitrogens is 2. The van der Waals surface area contributed by atoms with Gasteiger partial charge in [0, 0.05) is 23.2 Å². The maximum atomic E-state index is 4.84. The van der Waals surface area contributed by atoms with Crippen LogP contribution in [0.15, 0.2) is 85.2 Å². The summed E-state index contributed by atoms with van der Waals surface area (Å²) in [4.78, 5) is 4.84. The van der Waals surface area contributed by atoms with Gasteiger partial charge in [0.1, 0.15) is 5.65 Å². The van der Waals surface area contributed by atoms with Crippen LogP contribution in [0, 0.1) is 0 Å². The van der Waals surface area contributed by atoms with Crippen molar-refractivity contribution in [2.45, 2.75) is 12.8 Å². The molecule has 0 fully saturated rings. The molecule has 2 aliphatic carbocycles. The molecule has 2 aliphatic rings. The van der Waals surface area contributed by atoms with Crippen molar-refractivity contribution < 1.29 is 0 Å². The summed E-state index contributed by atoms with van der Waals surface area (Å²) in [5.74, 6) is 0. The average molecular weight is 394 g/mol. The fraction of sp³-hybridized carbons (Fsp3) is 0.0690. The summed E-state index contributed by atoms with van der Waals surface area (Å²) in [5.41, 5.74) is 13.5. The fourth-order valence-electron chi connectivity index (χ4n) is 6.05. The van der Waals surface area contributed by atoms with E-state index in [0.717, 1.165) is 18.5 Å². The van der Waals surface area contributed by atoms with E-state index in [2.05, 4.69) is 83.4 Å². The quantitative estimate of drug-likeness (QED) is 0.259. The minimum absolute atomic E-state index is 0.992. The zero-order valence-corrected chi connectivity index (χ0v) is 16.9. The number of rotatable bonds is 0. The number of nitrogens with zero attached hydrogens (tertiary/aromatic N) is 2. The molecular weight excluding hydrogens is 376 g/mol. The van der Waals surface area contributed by atoms with E-state index in [4.69, 9.17) is 4.98 Å². The highest BCUT2D eigenvalue weighted by molar-refractivity contribution is 6.20. The highest BCUT2D eigenvalue weighted by Gasteiger charge is 2.26. The Kier molecular flexibility index (Phi) is 2.77. The van der Waals surface area contributed by atoms with Crippen molar-refractivity contribution in [2.24, 2.45) is 0 Å². The third-order valence-electron chi connectivity index (χ3n) is 7.32. The van der Waals surface area contributed by atoms with Crippen LogP contribution in [0.2, 0.25) is 0 Å². The summed E-state index contributed by atoms with van der Waals surface area (Å²) in [5, 5.41) is 4.00. The molecule has 0 N–H and O–H groups in total. The van der Waals surface area contributed by atoms with Gasteiger partial charge in [-0.15, -0.1) is 0 Å². The SMILES string of the molecule is c1ccc2c(c1)Cc1c-2ccc2c1c1ccc3c(c1c1nccn21)-c1ccccc1C3. The second kappa shape index (κ2) is 5.41. The number of imidazole rings is 1. The molecule has 0 saturated carbocycles. The van der Waals surface area contributed by atoms with E-state index in [-0.39, 0.29) is 0 Å². The van der Waals surface area contributed by atoms with Gasteiger partial charge in [0.15, 0.2) is 0 Å². The lowest BCUT2D eigenvalue weighted by Crippen LogP contribution is -1.96. The Morgan fingerprint density at radius 2 is 1.45 bits per heavy atom. The Morgan fingerprint density at radius 1 is 0.645 bits per heavy atom. The average Bonchev–Trinajstić information content (AvgIpc) is 3.53. The lowest BCUT2D eigenvalue weighted by molar-refractivity contribution is 1.24. The van der Waals surface area contributed by atoms with Gasteiger partial charge >= 0.3 is 0 Å². The molecule has 2 heterocycles. The molecule has 4 aromatic carbocycles. The Balaban J connectivity index is 1.61. The maximum Gasteiger partial charge on any atom is 0.145 e. The van der Waals surface area contributed by atoms with Crippen LogP contribution in [0.3, 0.4) is 0 Å². The Labute approximate surface area is 179 Å². The third kappa shape index (κ3) is 1.87. The van der Waals surface area contributed by atoms with Gasteiger partial charge in [-0.05, 0) is 68.8 Å². The molecule has 0 bridgehead atoms. The zero-order valence-electron chi connectivity index (χ0n) is 16.9. The van der Waals surface area contributed by atoms with E-state index in [9.17, 15) is 0 Å². The van der Waals surface area contributed by atoms with E-state index in [1.807, 2.05) is 6.20 Å². The second-order valence-corrected chi connectivity index (χ2v) is 8.80. The van der Waals surface area contributed by atoms with E-state index in [1.54, 1.807) is 0 Å². The van der Waals surface area contributed by atoms with Gasteiger partial charge in [0.2, 0.25) is 0 Å². The standard InChI is InChI=1S/C29H18N2/c1-3-7-20-18(6-1)16-24-22(20)11-12-25-27(24)23-10-9-19-15-17-5-2-4-8-21(17)26(19)28(23)29-30-13-14-31(25)29/h1-14H,15-16H2. The molecule has 0 atom stereocenters. The second-order valence-electron chi connectivity index (χ2n) is 8.80.